The van der Waals surface area contributed by atoms with Gasteiger partial charge in [0.1, 0.15) is 5.82 Å². The summed E-state index contributed by atoms with van der Waals surface area (Å²) < 4.78 is 13.7. The van der Waals surface area contributed by atoms with Gasteiger partial charge in [-0.05, 0) is 42.5 Å². The Hall–Kier alpha value is -1.00. The zero-order chi connectivity index (χ0) is 11.5. The van der Waals surface area contributed by atoms with Gasteiger partial charge in [0, 0.05) is 20.0 Å². The molecule has 82 valence electrons. The van der Waals surface area contributed by atoms with E-state index in [-0.39, 0.29) is 5.82 Å². The highest BCUT2D eigenvalue weighted by atomic mass is 79.9. The summed E-state index contributed by atoms with van der Waals surface area (Å²) in [6.45, 7) is 0. The lowest BCUT2D eigenvalue weighted by Crippen LogP contribution is -1.87. The maximum Gasteiger partial charge on any atom is 0.123 e. The van der Waals surface area contributed by atoms with E-state index in [0.717, 1.165) is 20.0 Å². The first-order chi connectivity index (χ1) is 7.65. The molecule has 0 saturated heterocycles. The number of nitrogens with two attached hydrogens (primary N) is 1. The average Bonchev–Trinajstić information content (AvgIpc) is 2.27. The van der Waals surface area contributed by atoms with Gasteiger partial charge >= 0.3 is 0 Å². The molecule has 0 atom stereocenters. The number of halogens is 2. The van der Waals surface area contributed by atoms with Gasteiger partial charge in [0.05, 0.1) is 0 Å². The van der Waals surface area contributed by atoms with E-state index in [1.807, 2.05) is 18.2 Å². The number of benzene rings is 2. The fourth-order valence-corrected chi connectivity index (χ4v) is 2.64. The molecule has 0 heterocycles. The van der Waals surface area contributed by atoms with Gasteiger partial charge < -0.3 is 5.73 Å². The van der Waals surface area contributed by atoms with Crippen LogP contribution in [0.3, 0.4) is 0 Å². The standard InChI is InChI=1S/C12H9BrFNS/c13-8-1-6-11(15)12(7-8)16-10-4-2-9(14)3-5-10/h1-7H,15H2. The molecule has 0 saturated carbocycles. The Bertz CT molecular complexity index is 499. The summed E-state index contributed by atoms with van der Waals surface area (Å²) in [5.41, 5.74) is 6.57. The average molecular weight is 298 g/mol. The fourth-order valence-electron chi connectivity index (χ4n) is 1.23. The summed E-state index contributed by atoms with van der Waals surface area (Å²) in [5, 5.41) is 0. The van der Waals surface area contributed by atoms with Gasteiger partial charge in [0.2, 0.25) is 0 Å². The lowest BCUT2D eigenvalue weighted by molar-refractivity contribution is 0.626. The predicted octanol–water partition coefficient (Wildman–Crippen LogP) is 4.32. The molecular formula is C12H9BrFNS. The molecule has 0 aliphatic carbocycles. The summed E-state index contributed by atoms with van der Waals surface area (Å²) in [6.07, 6.45) is 0. The molecule has 1 nitrogen and oxygen atoms in total. The molecule has 0 unspecified atom stereocenters. The molecular weight excluding hydrogens is 289 g/mol. The van der Waals surface area contributed by atoms with Gasteiger partial charge in [-0.1, -0.05) is 27.7 Å². The van der Waals surface area contributed by atoms with E-state index < -0.39 is 0 Å². The van der Waals surface area contributed by atoms with Crippen LogP contribution in [0.2, 0.25) is 0 Å². The Balaban J connectivity index is 2.26. The Morgan fingerprint density at radius 3 is 2.44 bits per heavy atom. The highest BCUT2D eigenvalue weighted by molar-refractivity contribution is 9.10. The van der Waals surface area contributed by atoms with Crippen molar-refractivity contribution in [2.45, 2.75) is 9.79 Å². The van der Waals surface area contributed by atoms with E-state index in [9.17, 15) is 4.39 Å². The Morgan fingerprint density at radius 2 is 1.75 bits per heavy atom. The van der Waals surface area contributed by atoms with Crippen molar-refractivity contribution in [2.75, 3.05) is 5.73 Å². The maximum absolute atomic E-state index is 12.7. The van der Waals surface area contributed by atoms with Gasteiger partial charge in [0.15, 0.2) is 0 Å². The minimum Gasteiger partial charge on any atom is -0.398 e. The van der Waals surface area contributed by atoms with Crippen LogP contribution in [0.15, 0.2) is 56.7 Å². The van der Waals surface area contributed by atoms with E-state index in [1.54, 1.807) is 12.1 Å². The molecule has 2 N–H and O–H groups in total. The SMILES string of the molecule is Nc1ccc(Br)cc1Sc1ccc(F)cc1. The van der Waals surface area contributed by atoms with Crippen LogP contribution in [0.4, 0.5) is 10.1 Å². The molecule has 0 aromatic heterocycles. The molecule has 0 fully saturated rings. The van der Waals surface area contributed by atoms with Crippen LogP contribution in [-0.4, -0.2) is 0 Å². The molecule has 0 bridgehead atoms. The number of hydrogen-bond acceptors (Lipinski definition) is 2. The molecule has 16 heavy (non-hydrogen) atoms. The summed E-state index contributed by atoms with van der Waals surface area (Å²) in [5.74, 6) is -0.230. The maximum atomic E-state index is 12.7. The van der Waals surface area contributed by atoms with Crippen LogP contribution in [-0.2, 0) is 0 Å². The molecule has 4 heteroatoms. The van der Waals surface area contributed by atoms with Crippen molar-refractivity contribution >= 4 is 33.4 Å². The summed E-state index contributed by atoms with van der Waals surface area (Å²) in [6, 6.07) is 12.0. The predicted molar refractivity (Wildman–Crippen MR) is 69.1 cm³/mol. The Kier molecular flexibility index (Phi) is 3.51. The normalized spacial score (nSPS) is 10.4. The molecule has 0 aliphatic rings. The highest BCUT2D eigenvalue weighted by Crippen LogP contribution is 2.33. The van der Waals surface area contributed by atoms with Crippen molar-refractivity contribution in [3.05, 3.63) is 52.8 Å². The monoisotopic (exact) mass is 297 g/mol. The van der Waals surface area contributed by atoms with Crippen LogP contribution in [0.1, 0.15) is 0 Å². The third kappa shape index (κ3) is 2.77. The van der Waals surface area contributed by atoms with E-state index in [0.29, 0.717) is 0 Å². The molecule has 0 amide bonds. The summed E-state index contributed by atoms with van der Waals surface area (Å²) in [4.78, 5) is 1.92. The zero-order valence-corrected chi connectivity index (χ0v) is 10.7. The molecule has 2 rings (SSSR count). The first kappa shape index (κ1) is 11.5. The zero-order valence-electron chi connectivity index (χ0n) is 8.28. The number of anilines is 1. The van der Waals surface area contributed by atoms with E-state index in [2.05, 4.69) is 15.9 Å². The lowest BCUT2D eigenvalue weighted by Gasteiger charge is -2.05. The second-order valence-electron chi connectivity index (χ2n) is 3.24. The van der Waals surface area contributed by atoms with Crippen molar-refractivity contribution in [1.29, 1.82) is 0 Å². The topological polar surface area (TPSA) is 26.0 Å². The first-order valence-corrected chi connectivity index (χ1v) is 6.24. The molecule has 0 spiro atoms. The smallest absolute Gasteiger partial charge is 0.123 e. The van der Waals surface area contributed by atoms with Crippen molar-refractivity contribution in [3.63, 3.8) is 0 Å². The van der Waals surface area contributed by atoms with Crippen molar-refractivity contribution in [2.24, 2.45) is 0 Å². The number of hydrogen-bond donors (Lipinski definition) is 1. The van der Waals surface area contributed by atoms with Crippen molar-refractivity contribution in [1.82, 2.24) is 0 Å². The first-order valence-electron chi connectivity index (χ1n) is 4.63. The van der Waals surface area contributed by atoms with Crippen LogP contribution < -0.4 is 5.73 Å². The molecule has 2 aromatic carbocycles. The Morgan fingerprint density at radius 1 is 1.06 bits per heavy atom. The number of rotatable bonds is 2. The largest absolute Gasteiger partial charge is 0.398 e. The highest BCUT2D eigenvalue weighted by Gasteiger charge is 2.02. The van der Waals surface area contributed by atoms with Crippen molar-refractivity contribution in [3.8, 4) is 0 Å². The van der Waals surface area contributed by atoms with Crippen LogP contribution >= 0.6 is 27.7 Å². The van der Waals surface area contributed by atoms with Crippen LogP contribution in [0.25, 0.3) is 0 Å². The van der Waals surface area contributed by atoms with Gasteiger partial charge in [-0.3, -0.25) is 0 Å². The summed E-state index contributed by atoms with van der Waals surface area (Å²) in [7, 11) is 0. The van der Waals surface area contributed by atoms with Gasteiger partial charge in [0.25, 0.3) is 0 Å². The van der Waals surface area contributed by atoms with Gasteiger partial charge in [-0.2, -0.15) is 0 Å². The van der Waals surface area contributed by atoms with E-state index >= 15 is 0 Å². The molecule has 0 radical (unpaired) electrons. The third-order valence-corrected chi connectivity index (χ3v) is 3.59. The van der Waals surface area contributed by atoms with E-state index in [4.69, 9.17) is 5.73 Å². The van der Waals surface area contributed by atoms with Gasteiger partial charge in [-0.25, -0.2) is 4.39 Å². The third-order valence-electron chi connectivity index (χ3n) is 2.02. The summed E-state index contributed by atoms with van der Waals surface area (Å²) >= 11 is 4.91. The number of nitrogen functional groups attached to an aromatic ring is 1. The Labute approximate surface area is 106 Å². The van der Waals surface area contributed by atoms with Crippen molar-refractivity contribution < 1.29 is 4.39 Å². The second-order valence-corrected chi connectivity index (χ2v) is 5.27. The molecule has 2 aromatic rings. The van der Waals surface area contributed by atoms with E-state index in [1.165, 1.54) is 23.9 Å². The minimum absolute atomic E-state index is 0.230. The van der Waals surface area contributed by atoms with Crippen LogP contribution in [0.5, 0.6) is 0 Å². The molecule has 0 aliphatic heterocycles. The second kappa shape index (κ2) is 4.89. The minimum atomic E-state index is -0.230. The lowest BCUT2D eigenvalue weighted by atomic mass is 10.3. The van der Waals surface area contributed by atoms with Crippen LogP contribution in [0, 0.1) is 5.82 Å². The quantitative estimate of drug-likeness (QED) is 0.836. The fraction of sp³-hybridized carbons (Fsp3) is 0. The van der Waals surface area contributed by atoms with Gasteiger partial charge in [-0.15, -0.1) is 0 Å².